The number of rotatable bonds is 5. The summed E-state index contributed by atoms with van der Waals surface area (Å²) in [5, 5.41) is 0. The molecule has 3 aromatic carbocycles. The highest BCUT2D eigenvalue weighted by atomic mass is 79.9. The molecule has 0 aromatic heterocycles. The fourth-order valence-electron chi connectivity index (χ4n) is 2.44. The number of aliphatic imine (C=N–C) groups is 1. The molecule has 3 aromatic rings. The molecule has 132 valence electrons. The second kappa shape index (κ2) is 8.28. The molecular formula is C22H19BrFNO. The van der Waals surface area contributed by atoms with Crippen molar-refractivity contribution in [2.24, 2.45) is 4.99 Å². The number of benzene rings is 3. The Kier molecular flexibility index (Phi) is 5.84. The smallest absolute Gasteiger partial charge is 0.128 e. The minimum atomic E-state index is -0.251. The minimum Gasteiger partial charge on any atom is -0.488 e. The van der Waals surface area contributed by atoms with E-state index < -0.39 is 0 Å². The Labute approximate surface area is 161 Å². The third-order valence-corrected chi connectivity index (χ3v) is 4.62. The minimum absolute atomic E-state index is 0.251. The molecule has 0 aliphatic rings. The summed E-state index contributed by atoms with van der Waals surface area (Å²) < 4.78 is 19.9. The first-order chi connectivity index (χ1) is 12.5. The van der Waals surface area contributed by atoms with Gasteiger partial charge in [0.2, 0.25) is 0 Å². The average Bonchev–Trinajstić information content (AvgIpc) is 2.63. The highest BCUT2D eigenvalue weighted by Crippen LogP contribution is 2.24. The summed E-state index contributed by atoms with van der Waals surface area (Å²) in [6, 6.07) is 18.2. The van der Waals surface area contributed by atoms with Crippen LogP contribution in [0.2, 0.25) is 0 Å². The quantitative estimate of drug-likeness (QED) is 0.437. The first-order valence-corrected chi connectivity index (χ1v) is 9.09. The van der Waals surface area contributed by atoms with Crippen LogP contribution in [-0.2, 0) is 6.61 Å². The lowest BCUT2D eigenvalue weighted by Crippen LogP contribution is -1.98. The molecule has 0 amide bonds. The van der Waals surface area contributed by atoms with E-state index in [1.807, 2.05) is 24.3 Å². The van der Waals surface area contributed by atoms with Crippen molar-refractivity contribution in [1.82, 2.24) is 0 Å². The number of nitrogens with zero attached hydrogens (tertiary/aromatic N) is 1. The second-order valence-electron chi connectivity index (χ2n) is 6.12. The first-order valence-electron chi connectivity index (χ1n) is 8.29. The van der Waals surface area contributed by atoms with Crippen LogP contribution in [0.15, 0.2) is 70.1 Å². The van der Waals surface area contributed by atoms with Crippen molar-refractivity contribution in [3.8, 4) is 5.75 Å². The van der Waals surface area contributed by atoms with E-state index in [0.29, 0.717) is 6.61 Å². The molecule has 0 aliphatic heterocycles. The second-order valence-corrected chi connectivity index (χ2v) is 7.04. The van der Waals surface area contributed by atoms with Crippen molar-refractivity contribution in [2.45, 2.75) is 20.5 Å². The summed E-state index contributed by atoms with van der Waals surface area (Å²) in [5.41, 5.74) is 5.14. The molecule has 0 aliphatic carbocycles. The van der Waals surface area contributed by atoms with Crippen LogP contribution in [-0.4, -0.2) is 6.21 Å². The molecule has 0 radical (unpaired) electrons. The van der Waals surface area contributed by atoms with Crippen molar-refractivity contribution < 1.29 is 9.13 Å². The van der Waals surface area contributed by atoms with Crippen LogP contribution in [0.3, 0.4) is 0 Å². The number of hydrogen-bond acceptors (Lipinski definition) is 2. The monoisotopic (exact) mass is 411 g/mol. The van der Waals surface area contributed by atoms with E-state index >= 15 is 0 Å². The van der Waals surface area contributed by atoms with Crippen LogP contribution in [0, 0.1) is 19.7 Å². The molecule has 0 bridgehead atoms. The molecular weight excluding hydrogens is 393 g/mol. The van der Waals surface area contributed by atoms with E-state index in [2.05, 4.69) is 46.9 Å². The fourth-order valence-corrected chi connectivity index (χ4v) is 2.82. The van der Waals surface area contributed by atoms with Gasteiger partial charge in [-0.25, -0.2) is 4.39 Å². The van der Waals surface area contributed by atoms with Gasteiger partial charge in [-0.3, -0.25) is 4.99 Å². The van der Waals surface area contributed by atoms with Crippen LogP contribution in [0.5, 0.6) is 5.75 Å². The standard InChI is InChI=1S/C22H19BrFNO/c1-15-3-9-21(11-16(15)2)25-13-18-12-19(23)6-10-22(18)26-14-17-4-7-20(24)8-5-17/h3-13H,14H2,1-2H3. The zero-order valence-electron chi connectivity index (χ0n) is 14.7. The van der Waals surface area contributed by atoms with Crippen LogP contribution in [0.4, 0.5) is 10.1 Å². The molecule has 0 spiro atoms. The molecule has 0 N–H and O–H groups in total. The van der Waals surface area contributed by atoms with Gasteiger partial charge in [0.25, 0.3) is 0 Å². The summed E-state index contributed by atoms with van der Waals surface area (Å²) in [7, 11) is 0. The van der Waals surface area contributed by atoms with E-state index in [1.165, 1.54) is 23.3 Å². The van der Waals surface area contributed by atoms with Gasteiger partial charge in [-0.05, 0) is 73.0 Å². The summed E-state index contributed by atoms with van der Waals surface area (Å²) in [4.78, 5) is 4.57. The van der Waals surface area contributed by atoms with Gasteiger partial charge in [0, 0.05) is 16.3 Å². The van der Waals surface area contributed by atoms with E-state index in [-0.39, 0.29) is 5.82 Å². The highest BCUT2D eigenvalue weighted by Gasteiger charge is 2.04. The molecule has 0 unspecified atom stereocenters. The van der Waals surface area contributed by atoms with Gasteiger partial charge in [0.15, 0.2) is 0 Å². The summed E-state index contributed by atoms with van der Waals surface area (Å²) in [6.45, 7) is 4.52. The Balaban J connectivity index is 1.79. The van der Waals surface area contributed by atoms with Crippen molar-refractivity contribution in [3.05, 3.63) is 93.2 Å². The lowest BCUT2D eigenvalue weighted by atomic mass is 10.1. The normalized spacial score (nSPS) is 11.1. The van der Waals surface area contributed by atoms with Crippen LogP contribution in [0.1, 0.15) is 22.3 Å². The number of halogens is 2. The average molecular weight is 412 g/mol. The SMILES string of the molecule is Cc1ccc(N=Cc2cc(Br)ccc2OCc2ccc(F)cc2)cc1C. The van der Waals surface area contributed by atoms with Gasteiger partial charge in [0.1, 0.15) is 18.2 Å². The predicted octanol–water partition coefficient (Wildman–Crippen LogP) is 6.53. The summed E-state index contributed by atoms with van der Waals surface area (Å²) >= 11 is 3.49. The molecule has 0 saturated carbocycles. The molecule has 26 heavy (non-hydrogen) atoms. The fraction of sp³-hybridized carbons (Fsp3) is 0.136. The highest BCUT2D eigenvalue weighted by molar-refractivity contribution is 9.10. The Hall–Kier alpha value is -2.46. The maximum atomic E-state index is 13.0. The van der Waals surface area contributed by atoms with E-state index in [1.54, 1.807) is 18.3 Å². The summed E-state index contributed by atoms with van der Waals surface area (Å²) in [6.07, 6.45) is 1.80. The number of aryl methyl sites for hydroxylation is 2. The number of hydrogen-bond donors (Lipinski definition) is 0. The molecule has 2 nitrogen and oxygen atoms in total. The van der Waals surface area contributed by atoms with Gasteiger partial charge in [-0.15, -0.1) is 0 Å². The third kappa shape index (κ3) is 4.79. The maximum absolute atomic E-state index is 13.0. The Morgan fingerprint density at radius 1 is 0.962 bits per heavy atom. The van der Waals surface area contributed by atoms with Crippen LogP contribution >= 0.6 is 15.9 Å². The van der Waals surface area contributed by atoms with Gasteiger partial charge in [-0.2, -0.15) is 0 Å². The van der Waals surface area contributed by atoms with Gasteiger partial charge in [-0.1, -0.05) is 34.1 Å². The summed E-state index contributed by atoms with van der Waals surface area (Å²) in [5.74, 6) is 0.476. The first kappa shape index (κ1) is 18.3. The molecule has 3 rings (SSSR count). The third-order valence-electron chi connectivity index (χ3n) is 4.12. The predicted molar refractivity (Wildman–Crippen MR) is 108 cm³/mol. The van der Waals surface area contributed by atoms with Gasteiger partial charge in [0.05, 0.1) is 5.69 Å². The van der Waals surface area contributed by atoms with Gasteiger partial charge < -0.3 is 4.74 Å². The van der Waals surface area contributed by atoms with Crippen molar-refractivity contribution in [3.63, 3.8) is 0 Å². The molecule has 0 heterocycles. The van der Waals surface area contributed by atoms with E-state index in [4.69, 9.17) is 4.74 Å². The van der Waals surface area contributed by atoms with Crippen LogP contribution < -0.4 is 4.74 Å². The van der Waals surface area contributed by atoms with Gasteiger partial charge >= 0.3 is 0 Å². The molecule has 0 atom stereocenters. The van der Waals surface area contributed by atoms with Crippen molar-refractivity contribution in [2.75, 3.05) is 0 Å². The van der Waals surface area contributed by atoms with Crippen LogP contribution in [0.25, 0.3) is 0 Å². The molecule has 4 heteroatoms. The topological polar surface area (TPSA) is 21.6 Å². The Morgan fingerprint density at radius 2 is 1.73 bits per heavy atom. The van der Waals surface area contributed by atoms with E-state index in [9.17, 15) is 4.39 Å². The molecule has 0 saturated heterocycles. The number of ether oxygens (including phenoxy) is 1. The Morgan fingerprint density at radius 3 is 2.46 bits per heavy atom. The van der Waals surface area contributed by atoms with Crippen molar-refractivity contribution in [1.29, 1.82) is 0 Å². The Bertz CT molecular complexity index is 935. The molecule has 0 fully saturated rings. The lowest BCUT2D eigenvalue weighted by molar-refractivity contribution is 0.305. The largest absolute Gasteiger partial charge is 0.488 e. The van der Waals surface area contributed by atoms with Crippen molar-refractivity contribution >= 4 is 27.8 Å². The lowest BCUT2D eigenvalue weighted by Gasteiger charge is -2.10. The maximum Gasteiger partial charge on any atom is 0.128 e. The zero-order chi connectivity index (χ0) is 18.5. The zero-order valence-corrected chi connectivity index (χ0v) is 16.3. The van der Waals surface area contributed by atoms with E-state index in [0.717, 1.165) is 27.0 Å².